The van der Waals surface area contributed by atoms with Crippen molar-refractivity contribution >= 4 is 16.6 Å². The third-order valence-corrected chi connectivity index (χ3v) is 2.71. The molecule has 2 aromatic rings. The van der Waals surface area contributed by atoms with Crippen LogP contribution in [0.3, 0.4) is 0 Å². The van der Waals surface area contributed by atoms with Gasteiger partial charge in [-0.2, -0.15) is 0 Å². The van der Waals surface area contributed by atoms with Crippen molar-refractivity contribution in [1.82, 2.24) is 0 Å². The summed E-state index contributed by atoms with van der Waals surface area (Å²) in [5, 5.41) is 2.14. The first-order valence-corrected chi connectivity index (χ1v) is 5.44. The fourth-order valence-electron chi connectivity index (χ4n) is 1.78. The number of carbonyl (C=O) groups excluding carboxylic acids is 1. The molecule has 2 aromatic carbocycles. The zero-order valence-electron chi connectivity index (χ0n) is 9.39. The third kappa shape index (κ3) is 2.35. The summed E-state index contributed by atoms with van der Waals surface area (Å²) in [7, 11) is 0. The Balaban J connectivity index is 2.37. The van der Waals surface area contributed by atoms with E-state index in [1.807, 2.05) is 36.4 Å². The molecule has 17 heavy (non-hydrogen) atoms. The Bertz CT molecular complexity index is 595. The Morgan fingerprint density at radius 3 is 2.65 bits per heavy atom. The van der Waals surface area contributed by atoms with Gasteiger partial charge in [-0.05, 0) is 16.8 Å². The molecule has 0 aliphatic heterocycles. The smallest absolute Gasteiger partial charge is 0.180 e. The molecule has 0 aliphatic carbocycles. The van der Waals surface area contributed by atoms with Crippen molar-refractivity contribution in [1.29, 1.82) is 0 Å². The number of terminal acetylenes is 1. The van der Waals surface area contributed by atoms with Crippen molar-refractivity contribution in [3.05, 3.63) is 48.0 Å². The van der Waals surface area contributed by atoms with Crippen molar-refractivity contribution in [2.24, 2.45) is 5.73 Å². The first-order valence-electron chi connectivity index (χ1n) is 5.44. The lowest BCUT2D eigenvalue weighted by atomic mass is 9.99. The zero-order chi connectivity index (χ0) is 12.3. The van der Waals surface area contributed by atoms with E-state index >= 15 is 0 Å². The number of ketones is 1. The monoisotopic (exact) mass is 223 g/mol. The summed E-state index contributed by atoms with van der Waals surface area (Å²) in [5.74, 6) is 2.31. The van der Waals surface area contributed by atoms with E-state index in [9.17, 15) is 4.79 Å². The third-order valence-electron chi connectivity index (χ3n) is 2.71. The van der Waals surface area contributed by atoms with Gasteiger partial charge in [0.2, 0.25) is 0 Å². The first-order chi connectivity index (χ1) is 8.22. The maximum atomic E-state index is 12.0. The number of fused-ring (bicyclic) bond motifs is 1. The molecule has 2 nitrogen and oxygen atoms in total. The largest absolute Gasteiger partial charge is 0.320 e. The van der Waals surface area contributed by atoms with Crippen molar-refractivity contribution in [3.63, 3.8) is 0 Å². The zero-order valence-corrected chi connectivity index (χ0v) is 9.39. The van der Waals surface area contributed by atoms with Crippen LogP contribution in [0.5, 0.6) is 0 Å². The molecule has 0 aromatic heterocycles. The van der Waals surface area contributed by atoms with Crippen molar-refractivity contribution in [3.8, 4) is 12.3 Å². The number of rotatable bonds is 3. The molecular weight excluding hydrogens is 210 g/mol. The van der Waals surface area contributed by atoms with E-state index in [1.165, 1.54) is 0 Å². The highest BCUT2D eigenvalue weighted by Crippen LogP contribution is 2.16. The maximum Gasteiger partial charge on any atom is 0.180 e. The Labute approximate surface area is 100 Å². The molecule has 2 rings (SSSR count). The molecule has 0 fully saturated rings. The maximum absolute atomic E-state index is 12.0. The molecule has 1 unspecified atom stereocenters. The lowest BCUT2D eigenvalue weighted by molar-refractivity contribution is 0.0963. The molecule has 0 saturated carbocycles. The Morgan fingerprint density at radius 2 is 1.94 bits per heavy atom. The molecule has 1 atom stereocenters. The van der Waals surface area contributed by atoms with Gasteiger partial charge in [0.15, 0.2) is 5.78 Å². The van der Waals surface area contributed by atoms with Crippen LogP contribution in [0.4, 0.5) is 0 Å². The van der Waals surface area contributed by atoms with E-state index in [2.05, 4.69) is 5.92 Å². The van der Waals surface area contributed by atoms with Crippen molar-refractivity contribution < 1.29 is 4.79 Å². The number of nitrogens with two attached hydrogens (primary N) is 1. The minimum Gasteiger partial charge on any atom is -0.320 e. The Kier molecular flexibility index (Phi) is 3.22. The fourth-order valence-corrected chi connectivity index (χ4v) is 1.78. The van der Waals surface area contributed by atoms with E-state index in [4.69, 9.17) is 12.2 Å². The van der Waals surface area contributed by atoms with Crippen LogP contribution in [0.1, 0.15) is 16.8 Å². The topological polar surface area (TPSA) is 43.1 Å². The summed E-state index contributed by atoms with van der Waals surface area (Å²) in [4.78, 5) is 12.0. The molecule has 0 saturated heterocycles. The van der Waals surface area contributed by atoms with Crippen LogP contribution in [-0.4, -0.2) is 11.8 Å². The fraction of sp³-hybridized carbons (Fsp3) is 0.133. The summed E-state index contributed by atoms with van der Waals surface area (Å²) in [6.45, 7) is 0. The summed E-state index contributed by atoms with van der Waals surface area (Å²) >= 11 is 0. The van der Waals surface area contributed by atoms with Crippen LogP contribution in [0.2, 0.25) is 0 Å². The minimum atomic E-state index is -0.610. The quantitative estimate of drug-likeness (QED) is 0.641. The predicted molar refractivity (Wildman–Crippen MR) is 69.7 cm³/mol. The average molecular weight is 223 g/mol. The number of hydrogen-bond acceptors (Lipinski definition) is 2. The van der Waals surface area contributed by atoms with Crippen LogP contribution in [0.25, 0.3) is 10.8 Å². The number of hydrogen-bond donors (Lipinski definition) is 1. The van der Waals surface area contributed by atoms with E-state index in [1.54, 1.807) is 6.07 Å². The molecule has 2 N–H and O–H groups in total. The second-order valence-corrected chi connectivity index (χ2v) is 3.94. The van der Waals surface area contributed by atoms with Crippen LogP contribution < -0.4 is 5.73 Å². The number of benzene rings is 2. The van der Waals surface area contributed by atoms with Gasteiger partial charge in [0.25, 0.3) is 0 Å². The van der Waals surface area contributed by atoms with E-state index in [0.29, 0.717) is 5.56 Å². The van der Waals surface area contributed by atoms with Gasteiger partial charge in [0.05, 0.1) is 6.04 Å². The van der Waals surface area contributed by atoms with Crippen LogP contribution in [0, 0.1) is 12.3 Å². The lowest BCUT2D eigenvalue weighted by Gasteiger charge is -2.08. The summed E-state index contributed by atoms with van der Waals surface area (Å²) in [6.07, 6.45) is 5.42. The molecule has 0 spiro atoms. The predicted octanol–water partition coefficient (Wildman–Crippen LogP) is 2.37. The molecule has 0 radical (unpaired) electrons. The Morgan fingerprint density at radius 1 is 1.24 bits per heavy atom. The van der Waals surface area contributed by atoms with E-state index < -0.39 is 6.04 Å². The molecule has 0 amide bonds. The van der Waals surface area contributed by atoms with Crippen molar-refractivity contribution in [2.75, 3.05) is 0 Å². The molecule has 0 aliphatic rings. The highest BCUT2D eigenvalue weighted by molar-refractivity contribution is 6.03. The van der Waals surface area contributed by atoms with Crippen LogP contribution in [-0.2, 0) is 0 Å². The van der Waals surface area contributed by atoms with Gasteiger partial charge in [0.1, 0.15) is 0 Å². The average Bonchev–Trinajstić information content (AvgIpc) is 2.37. The summed E-state index contributed by atoms with van der Waals surface area (Å²) in [5.41, 5.74) is 6.33. The Hall–Kier alpha value is -2.11. The first kappa shape index (κ1) is 11.4. The SMILES string of the molecule is C#CCC(N)C(=O)c1ccc2ccccc2c1. The number of carbonyl (C=O) groups is 1. The van der Waals surface area contributed by atoms with Gasteiger partial charge in [-0.25, -0.2) is 0 Å². The van der Waals surface area contributed by atoms with Gasteiger partial charge < -0.3 is 5.73 Å². The molecule has 0 bridgehead atoms. The van der Waals surface area contributed by atoms with Crippen LogP contribution >= 0.6 is 0 Å². The molecule has 2 heteroatoms. The molecular formula is C15H13NO. The summed E-state index contributed by atoms with van der Waals surface area (Å²) < 4.78 is 0. The van der Waals surface area contributed by atoms with Gasteiger partial charge in [-0.1, -0.05) is 36.4 Å². The summed E-state index contributed by atoms with van der Waals surface area (Å²) in [6, 6.07) is 12.8. The molecule has 84 valence electrons. The van der Waals surface area contributed by atoms with E-state index in [-0.39, 0.29) is 12.2 Å². The minimum absolute atomic E-state index is 0.103. The van der Waals surface area contributed by atoms with Gasteiger partial charge in [-0.3, -0.25) is 4.79 Å². The number of Topliss-reactive ketones (excluding diaryl/α,β-unsaturated/α-hetero) is 1. The second-order valence-electron chi connectivity index (χ2n) is 3.94. The van der Waals surface area contributed by atoms with Gasteiger partial charge >= 0.3 is 0 Å². The normalized spacial score (nSPS) is 12.0. The van der Waals surface area contributed by atoms with Crippen molar-refractivity contribution in [2.45, 2.75) is 12.5 Å². The van der Waals surface area contributed by atoms with Crippen LogP contribution in [0.15, 0.2) is 42.5 Å². The highest BCUT2D eigenvalue weighted by Gasteiger charge is 2.14. The van der Waals surface area contributed by atoms with E-state index in [0.717, 1.165) is 10.8 Å². The second kappa shape index (κ2) is 4.82. The molecule has 0 heterocycles. The van der Waals surface area contributed by atoms with Gasteiger partial charge in [-0.15, -0.1) is 12.3 Å². The standard InChI is InChI=1S/C15H13NO/c1-2-5-14(16)15(17)13-9-8-11-6-3-4-7-12(11)10-13/h1,3-4,6-10,14H,5,16H2. The van der Waals surface area contributed by atoms with Gasteiger partial charge in [0, 0.05) is 12.0 Å². The lowest BCUT2D eigenvalue weighted by Crippen LogP contribution is -2.29. The highest BCUT2D eigenvalue weighted by atomic mass is 16.1.